The average molecular weight is 302 g/mol. The van der Waals surface area contributed by atoms with E-state index in [-0.39, 0.29) is 11.8 Å². The second-order valence-corrected chi connectivity index (χ2v) is 6.07. The van der Waals surface area contributed by atoms with Crippen LogP contribution in [0.2, 0.25) is 0 Å². The number of nitrogens with one attached hydrogen (secondary N) is 1. The fourth-order valence-corrected chi connectivity index (χ4v) is 3.16. The molecule has 1 atom stereocenters. The standard InChI is InChI=1S/C16H18N2O2S/c1-2-15-18-13(10-21-15)8-17-16(19)12-7-11-5-3-4-6-14(11)20-9-12/h3-6,10,12H,2,7-9H2,1H3,(H,17,19). The number of aromatic nitrogens is 1. The molecule has 1 N–H and O–H groups in total. The zero-order valence-corrected chi connectivity index (χ0v) is 12.8. The lowest BCUT2D eigenvalue weighted by molar-refractivity contribution is -0.126. The number of nitrogens with zero attached hydrogens (tertiary/aromatic N) is 1. The van der Waals surface area contributed by atoms with Crippen molar-refractivity contribution in [2.24, 2.45) is 5.92 Å². The van der Waals surface area contributed by atoms with Gasteiger partial charge in [-0.1, -0.05) is 25.1 Å². The van der Waals surface area contributed by atoms with Crippen LogP contribution in [0, 0.1) is 5.92 Å². The summed E-state index contributed by atoms with van der Waals surface area (Å²) in [7, 11) is 0. The number of para-hydroxylation sites is 1. The Morgan fingerprint density at radius 3 is 3.14 bits per heavy atom. The highest BCUT2D eigenvalue weighted by Gasteiger charge is 2.25. The number of carbonyl (C=O) groups excluding carboxylic acids is 1. The van der Waals surface area contributed by atoms with Crippen LogP contribution in [-0.2, 0) is 24.2 Å². The highest BCUT2D eigenvalue weighted by Crippen LogP contribution is 2.26. The summed E-state index contributed by atoms with van der Waals surface area (Å²) >= 11 is 1.64. The fourth-order valence-electron chi connectivity index (χ4n) is 2.41. The van der Waals surface area contributed by atoms with Crippen molar-refractivity contribution < 1.29 is 9.53 Å². The van der Waals surface area contributed by atoms with Gasteiger partial charge in [0.05, 0.1) is 23.2 Å². The van der Waals surface area contributed by atoms with Gasteiger partial charge in [0, 0.05) is 5.38 Å². The van der Waals surface area contributed by atoms with Gasteiger partial charge in [-0.3, -0.25) is 4.79 Å². The van der Waals surface area contributed by atoms with E-state index in [0.29, 0.717) is 13.2 Å². The molecular formula is C16H18N2O2S. The predicted octanol–water partition coefficient (Wildman–Crippen LogP) is 2.57. The van der Waals surface area contributed by atoms with Crippen molar-refractivity contribution in [3.63, 3.8) is 0 Å². The molecule has 110 valence electrons. The van der Waals surface area contributed by atoms with E-state index in [1.807, 2.05) is 29.6 Å². The Morgan fingerprint density at radius 1 is 1.48 bits per heavy atom. The van der Waals surface area contributed by atoms with Crippen LogP contribution in [0.25, 0.3) is 0 Å². The Morgan fingerprint density at radius 2 is 2.33 bits per heavy atom. The monoisotopic (exact) mass is 302 g/mol. The van der Waals surface area contributed by atoms with Crippen LogP contribution in [0.1, 0.15) is 23.2 Å². The number of carbonyl (C=O) groups is 1. The third-order valence-electron chi connectivity index (χ3n) is 3.60. The Balaban J connectivity index is 1.57. The quantitative estimate of drug-likeness (QED) is 0.944. The molecule has 1 aliphatic rings. The van der Waals surface area contributed by atoms with Crippen molar-refractivity contribution in [1.82, 2.24) is 10.3 Å². The number of hydrogen-bond donors (Lipinski definition) is 1. The van der Waals surface area contributed by atoms with Crippen molar-refractivity contribution >= 4 is 17.2 Å². The lowest BCUT2D eigenvalue weighted by Gasteiger charge is -2.24. The average Bonchev–Trinajstić information content (AvgIpc) is 3.00. The Kier molecular flexibility index (Phi) is 4.20. The molecular weight excluding hydrogens is 284 g/mol. The second-order valence-electron chi connectivity index (χ2n) is 5.12. The van der Waals surface area contributed by atoms with Crippen LogP contribution < -0.4 is 10.1 Å². The molecule has 0 saturated carbocycles. The number of fused-ring (bicyclic) bond motifs is 1. The number of benzene rings is 1. The maximum atomic E-state index is 12.2. The minimum absolute atomic E-state index is 0.0375. The van der Waals surface area contributed by atoms with E-state index >= 15 is 0 Å². The number of hydrogen-bond acceptors (Lipinski definition) is 4. The first kappa shape index (κ1) is 14.1. The van der Waals surface area contributed by atoms with Gasteiger partial charge in [-0.2, -0.15) is 0 Å². The minimum Gasteiger partial charge on any atom is -0.492 e. The molecule has 3 rings (SSSR count). The molecule has 1 unspecified atom stereocenters. The molecule has 1 aliphatic heterocycles. The summed E-state index contributed by atoms with van der Waals surface area (Å²) in [5.41, 5.74) is 2.04. The van der Waals surface area contributed by atoms with Gasteiger partial charge in [-0.15, -0.1) is 11.3 Å². The van der Waals surface area contributed by atoms with Crippen LogP contribution in [0.15, 0.2) is 29.6 Å². The molecule has 0 aliphatic carbocycles. The number of ether oxygens (including phenoxy) is 1. The van der Waals surface area contributed by atoms with Crippen molar-refractivity contribution in [2.75, 3.05) is 6.61 Å². The van der Waals surface area contributed by atoms with E-state index in [4.69, 9.17) is 4.74 Å². The molecule has 0 bridgehead atoms. The van der Waals surface area contributed by atoms with Crippen LogP contribution in [0.5, 0.6) is 5.75 Å². The summed E-state index contributed by atoms with van der Waals surface area (Å²) in [4.78, 5) is 16.7. The van der Waals surface area contributed by atoms with Crippen molar-refractivity contribution in [2.45, 2.75) is 26.3 Å². The summed E-state index contributed by atoms with van der Waals surface area (Å²) < 4.78 is 5.66. The highest BCUT2D eigenvalue weighted by atomic mass is 32.1. The Hall–Kier alpha value is -1.88. The molecule has 1 aromatic heterocycles. The van der Waals surface area contributed by atoms with E-state index in [1.165, 1.54) is 0 Å². The molecule has 5 heteroatoms. The first-order valence-electron chi connectivity index (χ1n) is 7.18. The topological polar surface area (TPSA) is 51.2 Å². The lowest BCUT2D eigenvalue weighted by atomic mass is 9.96. The molecule has 0 spiro atoms. The summed E-state index contributed by atoms with van der Waals surface area (Å²) in [6.45, 7) is 3.02. The summed E-state index contributed by atoms with van der Waals surface area (Å²) in [6.07, 6.45) is 1.67. The highest BCUT2D eigenvalue weighted by molar-refractivity contribution is 7.09. The second kappa shape index (κ2) is 6.26. The van der Waals surface area contributed by atoms with Gasteiger partial charge in [-0.05, 0) is 24.5 Å². The molecule has 0 saturated heterocycles. The van der Waals surface area contributed by atoms with Crippen LogP contribution in [0.3, 0.4) is 0 Å². The summed E-state index contributed by atoms with van der Waals surface area (Å²) in [5.74, 6) is 0.813. The molecule has 2 aromatic rings. The van der Waals surface area contributed by atoms with Gasteiger partial charge < -0.3 is 10.1 Å². The van der Waals surface area contributed by atoms with Crippen molar-refractivity contribution in [3.05, 3.63) is 45.9 Å². The minimum atomic E-state index is -0.121. The predicted molar refractivity (Wildman–Crippen MR) is 82.5 cm³/mol. The first-order valence-corrected chi connectivity index (χ1v) is 8.06. The molecule has 21 heavy (non-hydrogen) atoms. The smallest absolute Gasteiger partial charge is 0.227 e. The molecule has 1 amide bonds. The molecule has 4 nitrogen and oxygen atoms in total. The fraction of sp³-hybridized carbons (Fsp3) is 0.375. The molecule has 0 radical (unpaired) electrons. The SMILES string of the molecule is CCc1nc(CNC(=O)C2COc3ccccc3C2)cs1. The first-order chi connectivity index (χ1) is 10.3. The maximum Gasteiger partial charge on any atom is 0.227 e. The summed E-state index contributed by atoms with van der Waals surface area (Å²) in [5, 5.41) is 6.07. The van der Waals surface area contributed by atoms with Gasteiger partial charge in [0.25, 0.3) is 0 Å². The zero-order valence-electron chi connectivity index (χ0n) is 12.0. The third kappa shape index (κ3) is 3.24. The van der Waals surface area contributed by atoms with E-state index in [9.17, 15) is 4.79 Å². The zero-order chi connectivity index (χ0) is 14.7. The summed E-state index contributed by atoms with van der Waals surface area (Å²) in [6, 6.07) is 7.89. The number of amides is 1. The third-order valence-corrected chi connectivity index (χ3v) is 4.64. The number of rotatable bonds is 4. The van der Waals surface area contributed by atoms with E-state index in [1.54, 1.807) is 11.3 Å². The van der Waals surface area contributed by atoms with Gasteiger partial charge in [0.15, 0.2) is 0 Å². The number of thiazole rings is 1. The van der Waals surface area contributed by atoms with E-state index < -0.39 is 0 Å². The largest absolute Gasteiger partial charge is 0.492 e. The van der Waals surface area contributed by atoms with Crippen molar-refractivity contribution in [3.8, 4) is 5.75 Å². The van der Waals surface area contributed by atoms with Gasteiger partial charge >= 0.3 is 0 Å². The molecule has 2 heterocycles. The van der Waals surface area contributed by atoms with Gasteiger partial charge in [0.2, 0.25) is 5.91 Å². The number of aryl methyl sites for hydroxylation is 1. The van der Waals surface area contributed by atoms with Crippen LogP contribution in [0.4, 0.5) is 0 Å². The lowest BCUT2D eigenvalue weighted by Crippen LogP contribution is -2.37. The van der Waals surface area contributed by atoms with E-state index in [2.05, 4.69) is 17.2 Å². The molecule has 0 fully saturated rings. The van der Waals surface area contributed by atoms with Gasteiger partial charge in [-0.25, -0.2) is 4.98 Å². The molecule has 1 aromatic carbocycles. The normalized spacial score (nSPS) is 16.9. The van der Waals surface area contributed by atoms with Crippen LogP contribution in [-0.4, -0.2) is 17.5 Å². The van der Waals surface area contributed by atoms with E-state index in [0.717, 1.165) is 34.9 Å². The van der Waals surface area contributed by atoms with Crippen molar-refractivity contribution in [1.29, 1.82) is 0 Å². The van der Waals surface area contributed by atoms with Crippen LogP contribution >= 0.6 is 11.3 Å². The van der Waals surface area contributed by atoms with Gasteiger partial charge in [0.1, 0.15) is 12.4 Å². The Labute approximate surface area is 128 Å². The Bertz CT molecular complexity index is 639. The maximum absolute atomic E-state index is 12.2.